The van der Waals surface area contributed by atoms with Crippen LogP contribution in [-0.4, -0.2) is 24.0 Å². The first kappa shape index (κ1) is 13.5. The average molecular weight is 275 g/mol. The van der Waals surface area contributed by atoms with Crippen molar-refractivity contribution in [3.8, 4) is 0 Å². The molecule has 0 aliphatic rings. The second-order valence-corrected chi connectivity index (χ2v) is 5.05. The molecule has 2 rings (SSSR count). The monoisotopic (exact) mass is 275 g/mol. The van der Waals surface area contributed by atoms with Crippen molar-refractivity contribution in [2.24, 2.45) is 0 Å². The number of para-hydroxylation sites is 1. The lowest BCUT2D eigenvalue weighted by Gasteiger charge is -2.21. The summed E-state index contributed by atoms with van der Waals surface area (Å²) in [5.41, 5.74) is 1.98. The van der Waals surface area contributed by atoms with E-state index in [0.717, 1.165) is 17.9 Å². The fourth-order valence-corrected chi connectivity index (χ4v) is 2.47. The maximum Gasteiger partial charge on any atom is 0.245 e. The van der Waals surface area contributed by atoms with Crippen LogP contribution in [0.1, 0.15) is 12.6 Å². The molecule has 0 fully saturated rings. The van der Waals surface area contributed by atoms with Gasteiger partial charge in [0, 0.05) is 17.6 Å². The number of benzene rings is 1. The Kier molecular flexibility index (Phi) is 4.52. The van der Waals surface area contributed by atoms with Crippen LogP contribution in [-0.2, 0) is 4.79 Å². The second-order valence-electron chi connectivity index (χ2n) is 4.19. The lowest BCUT2D eigenvalue weighted by molar-refractivity contribution is -0.115. The van der Waals surface area contributed by atoms with Crippen LogP contribution in [0.3, 0.4) is 0 Å². The summed E-state index contributed by atoms with van der Waals surface area (Å²) >= 11 is 1.45. The van der Waals surface area contributed by atoms with Gasteiger partial charge in [0.15, 0.2) is 5.13 Å². The molecule has 0 aliphatic carbocycles. The third kappa shape index (κ3) is 3.79. The van der Waals surface area contributed by atoms with Gasteiger partial charge in [0.1, 0.15) is 0 Å². The maximum absolute atomic E-state index is 12.0. The summed E-state index contributed by atoms with van der Waals surface area (Å²) < 4.78 is 0. The molecule has 1 aromatic carbocycles. The number of nitrogens with one attached hydrogen (secondary N) is 1. The molecule has 100 valence electrons. The predicted octanol–water partition coefficient (Wildman–Crippen LogP) is 2.92. The normalized spacial score (nSPS) is 10.2. The molecule has 5 heteroatoms. The van der Waals surface area contributed by atoms with Gasteiger partial charge in [-0.1, -0.05) is 18.2 Å². The molecule has 0 spiro atoms. The number of likely N-dealkylation sites (N-methyl/N-ethyl adjacent to an activating group) is 1. The summed E-state index contributed by atoms with van der Waals surface area (Å²) in [6, 6.07) is 9.92. The average Bonchev–Trinajstić information content (AvgIpc) is 2.82. The van der Waals surface area contributed by atoms with Crippen molar-refractivity contribution >= 4 is 28.1 Å². The van der Waals surface area contributed by atoms with Crippen molar-refractivity contribution in [1.29, 1.82) is 0 Å². The van der Waals surface area contributed by atoms with Crippen molar-refractivity contribution in [1.82, 2.24) is 4.98 Å². The zero-order valence-electron chi connectivity index (χ0n) is 11.1. The van der Waals surface area contributed by atoms with E-state index in [9.17, 15) is 4.79 Å². The standard InChI is InChI=1S/C14H17N3OS/c1-3-17(12-7-5-4-6-8-12)9-13(18)16-14-15-11(2)10-19-14/h4-8,10H,3,9H2,1-2H3,(H,15,16,18). The number of rotatable bonds is 5. The van der Waals surface area contributed by atoms with Gasteiger partial charge >= 0.3 is 0 Å². The predicted molar refractivity (Wildman–Crippen MR) is 79.8 cm³/mol. The number of nitrogens with zero attached hydrogens (tertiary/aromatic N) is 2. The minimum absolute atomic E-state index is 0.0416. The van der Waals surface area contributed by atoms with E-state index >= 15 is 0 Å². The molecule has 0 saturated carbocycles. The number of hydrogen-bond acceptors (Lipinski definition) is 4. The van der Waals surface area contributed by atoms with Gasteiger partial charge in [-0.25, -0.2) is 4.98 Å². The van der Waals surface area contributed by atoms with E-state index in [4.69, 9.17) is 0 Å². The molecule has 0 saturated heterocycles. The van der Waals surface area contributed by atoms with Crippen LogP contribution in [0, 0.1) is 6.92 Å². The molecule has 2 aromatic rings. The molecule has 1 N–H and O–H groups in total. The van der Waals surface area contributed by atoms with Gasteiger partial charge in [-0.05, 0) is 26.0 Å². The van der Waals surface area contributed by atoms with E-state index in [1.165, 1.54) is 11.3 Å². The Labute approximate surface area is 117 Å². The van der Waals surface area contributed by atoms with Crippen LogP contribution in [0.4, 0.5) is 10.8 Å². The SMILES string of the molecule is CCN(CC(=O)Nc1nc(C)cs1)c1ccccc1. The zero-order chi connectivity index (χ0) is 13.7. The number of aromatic nitrogens is 1. The van der Waals surface area contributed by atoms with Gasteiger partial charge in [0.2, 0.25) is 5.91 Å². The third-order valence-corrected chi connectivity index (χ3v) is 3.58. The Morgan fingerprint density at radius 1 is 1.37 bits per heavy atom. The lowest BCUT2D eigenvalue weighted by Crippen LogP contribution is -2.33. The van der Waals surface area contributed by atoms with Crippen molar-refractivity contribution < 1.29 is 4.79 Å². The zero-order valence-corrected chi connectivity index (χ0v) is 11.9. The number of carbonyl (C=O) groups excluding carboxylic acids is 1. The minimum atomic E-state index is -0.0416. The molecule has 19 heavy (non-hydrogen) atoms. The Hall–Kier alpha value is -1.88. The molecule has 1 heterocycles. The smallest absolute Gasteiger partial charge is 0.245 e. The molecule has 0 aliphatic heterocycles. The van der Waals surface area contributed by atoms with Crippen LogP contribution in [0.5, 0.6) is 0 Å². The highest BCUT2D eigenvalue weighted by Gasteiger charge is 2.11. The van der Waals surface area contributed by atoms with Crippen molar-refractivity contribution in [3.63, 3.8) is 0 Å². The first-order valence-corrected chi connectivity index (χ1v) is 7.09. The van der Waals surface area contributed by atoms with Crippen LogP contribution in [0.15, 0.2) is 35.7 Å². The first-order valence-electron chi connectivity index (χ1n) is 6.21. The number of carbonyl (C=O) groups is 1. The summed E-state index contributed by atoms with van der Waals surface area (Å²) in [5, 5.41) is 5.40. The number of hydrogen-bond donors (Lipinski definition) is 1. The number of anilines is 2. The minimum Gasteiger partial charge on any atom is -0.362 e. The third-order valence-electron chi connectivity index (χ3n) is 2.70. The van der Waals surface area contributed by atoms with E-state index in [1.54, 1.807) is 0 Å². The molecule has 1 aromatic heterocycles. The molecule has 0 atom stereocenters. The van der Waals surface area contributed by atoms with Gasteiger partial charge in [-0.3, -0.25) is 4.79 Å². The van der Waals surface area contributed by atoms with E-state index in [-0.39, 0.29) is 5.91 Å². The van der Waals surface area contributed by atoms with Crippen molar-refractivity contribution in [3.05, 3.63) is 41.4 Å². The fraction of sp³-hybridized carbons (Fsp3) is 0.286. The van der Waals surface area contributed by atoms with Gasteiger partial charge in [0.05, 0.1) is 12.2 Å². The molecular formula is C14H17N3OS. The summed E-state index contributed by atoms with van der Waals surface area (Å²) in [4.78, 5) is 18.2. The Balaban J connectivity index is 1.97. The van der Waals surface area contributed by atoms with Crippen LogP contribution in [0.2, 0.25) is 0 Å². The highest BCUT2D eigenvalue weighted by molar-refractivity contribution is 7.13. The molecule has 0 unspecified atom stereocenters. The lowest BCUT2D eigenvalue weighted by atomic mass is 10.3. The van der Waals surface area contributed by atoms with Crippen molar-refractivity contribution in [2.45, 2.75) is 13.8 Å². The highest BCUT2D eigenvalue weighted by Crippen LogP contribution is 2.15. The molecule has 1 amide bonds. The summed E-state index contributed by atoms with van der Waals surface area (Å²) in [6.07, 6.45) is 0. The Morgan fingerprint density at radius 3 is 2.68 bits per heavy atom. The summed E-state index contributed by atoms with van der Waals surface area (Å²) in [7, 11) is 0. The van der Waals surface area contributed by atoms with E-state index < -0.39 is 0 Å². The molecule has 4 nitrogen and oxygen atoms in total. The fourth-order valence-electron chi connectivity index (χ4n) is 1.77. The van der Waals surface area contributed by atoms with Gasteiger partial charge in [0.25, 0.3) is 0 Å². The molecule has 0 bridgehead atoms. The van der Waals surface area contributed by atoms with Gasteiger partial charge in [-0.15, -0.1) is 11.3 Å². The number of amides is 1. The molecule has 0 radical (unpaired) electrons. The second kappa shape index (κ2) is 6.33. The maximum atomic E-state index is 12.0. The van der Waals surface area contributed by atoms with Crippen LogP contribution < -0.4 is 10.2 Å². The molecular weight excluding hydrogens is 258 g/mol. The van der Waals surface area contributed by atoms with Gasteiger partial charge < -0.3 is 10.2 Å². The Bertz CT molecular complexity index is 539. The van der Waals surface area contributed by atoms with E-state index in [2.05, 4.69) is 10.3 Å². The Morgan fingerprint density at radius 2 is 2.11 bits per heavy atom. The van der Waals surface area contributed by atoms with Gasteiger partial charge in [-0.2, -0.15) is 0 Å². The summed E-state index contributed by atoms with van der Waals surface area (Å²) in [6.45, 7) is 5.07. The van der Waals surface area contributed by atoms with E-state index in [1.807, 2.05) is 54.5 Å². The van der Waals surface area contributed by atoms with Crippen LogP contribution >= 0.6 is 11.3 Å². The first-order chi connectivity index (χ1) is 9.19. The van der Waals surface area contributed by atoms with E-state index in [0.29, 0.717) is 11.7 Å². The van der Waals surface area contributed by atoms with Crippen LogP contribution in [0.25, 0.3) is 0 Å². The summed E-state index contributed by atoms with van der Waals surface area (Å²) in [5.74, 6) is -0.0416. The number of thiazole rings is 1. The highest BCUT2D eigenvalue weighted by atomic mass is 32.1. The topological polar surface area (TPSA) is 45.2 Å². The number of aryl methyl sites for hydroxylation is 1. The van der Waals surface area contributed by atoms with Crippen molar-refractivity contribution in [2.75, 3.05) is 23.3 Å². The quantitative estimate of drug-likeness (QED) is 0.912. The largest absolute Gasteiger partial charge is 0.362 e.